The van der Waals surface area contributed by atoms with E-state index in [1.54, 1.807) is 12.1 Å². The van der Waals surface area contributed by atoms with Crippen molar-refractivity contribution in [2.24, 2.45) is 0 Å². The van der Waals surface area contributed by atoms with Crippen LogP contribution in [0.4, 0.5) is 8.78 Å². The van der Waals surface area contributed by atoms with Crippen LogP contribution >= 0.6 is 15.9 Å². The molecule has 2 rings (SSSR count). The minimum Gasteiger partial charge on any atom is -0.496 e. The predicted molar refractivity (Wildman–Crippen MR) is 75.9 cm³/mol. The molecule has 0 saturated heterocycles. The zero-order valence-corrected chi connectivity index (χ0v) is 12.5. The highest BCUT2D eigenvalue weighted by Gasteiger charge is 2.23. The van der Waals surface area contributed by atoms with Crippen LogP contribution in [-0.4, -0.2) is 12.2 Å². The minimum absolute atomic E-state index is 0.300. The second kappa shape index (κ2) is 5.89. The van der Waals surface area contributed by atoms with Crippen molar-refractivity contribution in [3.8, 4) is 5.75 Å². The number of hydrogen-bond donors (Lipinski definition) is 1. The van der Waals surface area contributed by atoms with Crippen molar-refractivity contribution in [1.82, 2.24) is 0 Å². The fourth-order valence-electron chi connectivity index (χ4n) is 1.99. The van der Waals surface area contributed by atoms with Gasteiger partial charge in [0.1, 0.15) is 23.5 Å². The second-order valence-electron chi connectivity index (χ2n) is 4.38. The van der Waals surface area contributed by atoms with E-state index in [9.17, 15) is 13.9 Å². The van der Waals surface area contributed by atoms with E-state index >= 15 is 0 Å². The average Bonchev–Trinajstić information content (AvgIpc) is 2.41. The van der Waals surface area contributed by atoms with Gasteiger partial charge in [-0.3, -0.25) is 0 Å². The summed E-state index contributed by atoms with van der Waals surface area (Å²) >= 11 is 3.33. The van der Waals surface area contributed by atoms with Crippen LogP contribution in [0.15, 0.2) is 34.8 Å². The van der Waals surface area contributed by atoms with Gasteiger partial charge >= 0.3 is 0 Å². The lowest BCUT2D eigenvalue weighted by Crippen LogP contribution is -2.07. The highest BCUT2D eigenvalue weighted by molar-refractivity contribution is 9.10. The summed E-state index contributed by atoms with van der Waals surface area (Å²) in [6.07, 6.45) is -1.44. The van der Waals surface area contributed by atoms with Crippen LogP contribution in [0, 0.1) is 18.6 Å². The first-order valence-electron chi connectivity index (χ1n) is 5.91. The molecule has 0 amide bonds. The van der Waals surface area contributed by atoms with E-state index in [1.807, 2.05) is 6.92 Å². The van der Waals surface area contributed by atoms with Gasteiger partial charge in [0.15, 0.2) is 0 Å². The number of methoxy groups -OCH3 is 1. The van der Waals surface area contributed by atoms with E-state index in [4.69, 9.17) is 4.74 Å². The molecular formula is C15H13BrF2O2. The fraction of sp³-hybridized carbons (Fsp3) is 0.200. The van der Waals surface area contributed by atoms with Gasteiger partial charge in [0.25, 0.3) is 0 Å². The molecule has 0 heterocycles. The Bertz CT molecular complexity index is 624. The minimum atomic E-state index is -1.44. The molecule has 0 saturated carbocycles. The van der Waals surface area contributed by atoms with Gasteiger partial charge in [0.2, 0.25) is 0 Å². The molecule has 0 aliphatic rings. The number of hydrogen-bond acceptors (Lipinski definition) is 2. The number of aliphatic hydroxyl groups excluding tert-OH is 1. The van der Waals surface area contributed by atoms with Gasteiger partial charge in [0.05, 0.1) is 12.7 Å². The van der Waals surface area contributed by atoms with Crippen LogP contribution in [-0.2, 0) is 0 Å². The van der Waals surface area contributed by atoms with Crippen molar-refractivity contribution in [1.29, 1.82) is 0 Å². The summed E-state index contributed by atoms with van der Waals surface area (Å²) in [5, 5.41) is 10.3. The number of rotatable bonds is 3. The van der Waals surface area contributed by atoms with Gasteiger partial charge in [0, 0.05) is 10.0 Å². The molecule has 1 atom stereocenters. The zero-order valence-electron chi connectivity index (χ0n) is 11.0. The van der Waals surface area contributed by atoms with E-state index in [-0.39, 0.29) is 5.56 Å². The lowest BCUT2D eigenvalue weighted by atomic mass is 9.98. The molecule has 0 spiro atoms. The molecule has 106 valence electrons. The van der Waals surface area contributed by atoms with Crippen LogP contribution < -0.4 is 4.74 Å². The third-order valence-electron chi connectivity index (χ3n) is 3.08. The van der Waals surface area contributed by atoms with Gasteiger partial charge in [-0.2, -0.15) is 0 Å². The number of benzene rings is 2. The molecule has 0 aromatic heterocycles. The molecule has 0 fully saturated rings. The first kappa shape index (κ1) is 14.9. The van der Waals surface area contributed by atoms with Crippen molar-refractivity contribution in [3.05, 3.63) is 63.1 Å². The summed E-state index contributed by atoms with van der Waals surface area (Å²) in [7, 11) is 1.44. The molecule has 2 aromatic rings. The molecular weight excluding hydrogens is 330 g/mol. The van der Waals surface area contributed by atoms with Gasteiger partial charge in [-0.05, 0) is 36.8 Å². The average molecular weight is 343 g/mol. The monoisotopic (exact) mass is 342 g/mol. The standard InChI is InChI=1S/C15H13BrF2O2/c1-8-6-13(20-2)9(7-10(8)16)15(19)14-11(17)4-3-5-12(14)18/h3-7,15,19H,1-2H3. The Morgan fingerprint density at radius 3 is 2.35 bits per heavy atom. The number of aliphatic hydroxyl groups is 1. The summed E-state index contributed by atoms with van der Waals surface area (Å²) in [5.41, 5.74) is 0.808. The summed E-state index contributed by atoms with van der Waals surface area (Å²) in [6.45, 7) is 1.85. The maximum Gasteiger partial charge on any atom is 0.132 e. The van der Waals surface area contributed by atoms with Gasteiger partial charge in [-0.25, -0.2) is 8.78 Å². The smallest absolute Gasteiger partial charge is 0.132 e. The summed E-state index contributed by atoms with van der Waals surface area (Å²) in [4.78, 5) is 0. The van der Waals surface area contributed by atoms with Crippen molar-refractivity contribution >= 4 is 15.9 Å². The molecule has 0 bridgehead atoms. The Hall–Kier alpha value is -1.46. The van der Waals surface area contributed by atoms with Gasteiger partial charge in [-0.15, -0.1) is 0 Å². The number of aryl methyl sites for hydroxylation is 1. The Labute approximate surface area is 124 Å². The quantitative estimate of drug-likeness (QED) is 0.908. The third-order valence-corrected chi connectivity index (χ3v) is 3.93. The molecule has 20 heavy (non-hydrogen) atoms. The number of halogens is 3. The van der Waals surface area contributed by atoms with E-state index in [2.05, 4.69) is 15.9 Å². The predicted octanol–water partition coefficient (Wildman–Crippen LogP) is 4.13. The second-order valence-corrected chi connectivity index (χ2v) is 5.24. The molecule has 1 unspecified atom stereocenters. The summed E-state index contributed by atoms with van der Waals surface area (Å²) in [6, 6.07) is 6.77. The normalized spacial score (nSPS) is 12.3. The molecule has 0 aliphatic heterocycles. The van der Waals surface area contributed by atoms with E-state index in [1.165, 1.54) is 13.2 Å². The molecule has 2 nitrogen and oxygen atoms in total. The van der Waals surface area contributed by atoms with Crippen LogP contribution in [0.5, 0.6) is 5.75 Å². The van der Waals surface area contributed by atoms with Crippen molar-refractivity contribution < 1.29 is 18.6 Å². The summed E-state index contributed by atoms with van der Waals surface area (Å²) in [5.74, 6) is -1.21. The van der Waals surface area contributed by atoms with E-state index in [0.717, 1.165) is 22.2 Å². The van der Waals surface area contributed by atoms with Gasteiger partial charge in [-0.1, -0.05) is 22.0 Å². The Kier molecular flexibility index (Phi) is 4.40. The van der Waals surface area contributed by atoms with Gasteiger partial charge < -0.3 is 9.84 Å². The molecule has 1 N–H and O–H groups in total. The fourth-order valence-corrected chi connectivity index (χ4v) is 2.35. The SMILES string of the molecule is COc1cc(C)c(Br)cc1C(O)c1c(F)cccc1F. The summed E-state index contributed by atoms with van der Waals surface area (Å²) < 4.78 is 33.4. The van der Waals surface area contributed by atoms with Crippen LogP contribution in [0.1, 0.15) is 22.8 Å². The molecule has 0 radical (unpaired) electrons. The lowest BCUT2D eigenvalue weighted by Gasteiger charge is -2.17. The Morgan fingerprint density at radius 2 is 1.80 bits per heavy atom. The maximum atomic E-state index is 13.7. The van der Waals surface area contributed by atoms with Crippen molar-refractivity contribution in [3.63, 3.8) is 0 Å². The van der Waals surface area contributed by atoms with Crippen LogP contribution in [0.25, 0.3) is 0 Å². The third kappa shape index (κ3) is 2.69. The molecule has 5 heteroatoms. The van der Waals surface area contributed by atoms with E-state index in [0.29, 0.717) is 11.3 Å². The van der Waals surface area contributed by atoms with E-state index < -0.39 is 17.7 Å². The molecule has 2 aromatic carbocycles. The topological polar surface area (TPSA) is 29.5 Å². The van der Waals surface area contributed by atoms with Crippen molar-refractivity contribution in [2.45, 2.75) is 13.0 Å². The first-order chi connectivity index (χ1) is 9.45. The first-order valence-corrected chi connectivity index (χ1v) is 6.71. The Morgan fingerprint density at radius 1 is 1.20 bits per heavy atom. The molecule has 0 aliphatic carbocycles. The highest BCUT2D eigenvalue weighted by atomic mass is 79.9. The van der Waals surface area contributed by atoms with Crippen molar-refractivity contribution in [2.75, 3.05) is 7.11 Å². The zero-order chi connectivity index (χ0) is 14.9. The van der Waals surface area contributed by atoms with Crippen LogP contribution in [0.2, 0.25) is 0 Å². The highest BCUT2D eigenvalue weighted by Crippen LogP contribution is 2.36. The van der Waals surface area contributed by atoms with Crippen LogP contribution in [0.3, 0.4) is 0 Å². The maximum absolute atomic E-state index is 13.7. The Balaban J connectivity index is 2.59. The number of ether oxygens (including phenoxy) is 1. The largest absolute Gasteiger partial charge is 0.496 e. The lowest BCUT2D eigenvalue weighted by molar-refractivity contribution is 0.204.